The third kappa shape index (κ3) is 38.8. The molecule has 1 rings (SSSR count). The van der Waals surface area contributed by atoms with Crippen LogP contribution in [0.1, 0.15) is 271 Å². The Morgan fingerprint density at radius 3 is 1.45 bits per heavy atom. The topological polar surface area (TPSA) is 175 Å². The third-order valence-electron chi connectivity index (χ3n) is 14.2. The molecule has 0 saturated carbocycles. The van der Waals surface area contributed by atoms with Gasteiger partial charge in [-0.15, -0.1) is 0 Å². The lowest BCUT2D eigenvalue weighted by Gasteiger charge is -2.41. The molecule has 6 N–H and O–H groups in total. The van der Waals surface area contributed by atoms with Gasteiger partial charge in [0.2, 0.25) is 5.91 Å². The van der Waals surface area contributed by atoms with Gasteiger partial charge in [0.1, 0.15) is 24.4 Å². The van der Waals surface area contributed by atoms with Crippen molar-refractivity contribution in [1.82, 2.24) is 5.32 Å². The Morgan fingerprint density at radius 1 is 0.534 bits per heavy atom. The van der Waals surface area contributed by atoms with Crippen LogP contribution in [0.3, 0.4) is 0 Å². The van der Waals surface area contributed by atoms with Crippen molar-refractivity contribution < 1.29 is 49.3 Å². The van der Waals surface area contributed by atoms with Crippen molar-refractivity contribution in [2.45, 2.75) is 320 Å². The summed E-state index contributed by atoms with van der Waals surface area (Å²) >= 11 is 0. The van der Waals surface area contributed by atoms with Gasteiger partial charge in [-0.3, -0.25) is 9.59 Å². The van der Waals surface area contributed by atoms with Gasteiger partial charge < -0.3 is 45.1 Å². The second kappa shape index (κ2) is 50.4. The maximum absolute atomic E-state index is 13.4. The van der Waals surface area contributed by atoms with Gasteiger partial charge in [-0.25, -0.2) is 0 Å². The first-order valence-corrected chi connectivity index (χ1v) is 30.4. The highest BCUT2D eigenvalue weighted by atomic mass is 16.7. The zero-order valence-corrected chi connectivity index (χ0v) is 47.0. The van der Waals surface area contributed by atoms with Crippen LogP contribution in [0.15, 0.2) is 48.6 Å². The molecule has 1 saturated heterocycles. The van der Waals surface area contributed by atoms with Gasteiger partial charge in [0.15, 0.2) is 12.4 Å². The molecule has 11 nitrogen and oxygen atoms in total. The number of aliphatic hydroxyl groups is 5. The summed E-state index contributed by atoms with van der Waals surface area (Å²) in [7, 11) is 0. The minimum Gasteiger partial charge on any atom is -0.454 e. The Hall–Kier alpha value is -2.38. The molecule has 8 atom stereocenters. The molecular weight excluding hydrogens is 919 g/mol. The fourth-order valence-corrected chi connectivity index (χ4v) is 9.32. The van der Waals surface area contributed by atoms with E-state index in [-0.39, 0.29) is 19.4 Å². The molecule has 0 bridgehead atoms. The summed E-state index contributed by atoms with van der Waals surface area (Å²) < 4.78 is 17.6. The van der Waals surface area contributed by atoms with Gasteiger partial charge in [0.05, 0.1) is 25.4 Å². The SMILES string of the molecule is CCCCC/C=C\C/C=C\CCCCCCCCC(O)C(=O)NC(COC1OC(CO)C(O)C(O)C1OC(=O)CCCCCCCCC/C=C\CCCCCC)C(O)/C=C/CCCCCCCCCCCCC. The number of esters is 1. The van der Waals surface area contributed by atoms with E-state index in [2.05, 4.69) is 62.5 Å². The van der Waals surface area contributed by atoms with Crippen molar-refractivity contribution >= 4 is 11.9 Å². The maximum atomic E-state index is 13.4. The van der Waals surface area contributed by atoms with E-state index in [1.54, 1.807) is 6.08 Å². The minimum absolute atomic E-state index is 0.118. The Morgan fingerprint density at radius 2 is 0.945 bits per heavy atom. The molecule has 11 heteroatoms. The number of aliphatic hydroxyl groups excluding tert-OH is 5. The van der Waals surface area contributed by atoms with Crippen LogP contribution in [0.2, 0.25) is 0 Å². The van der Waals surface area contributed by atoms with Gasteiger partial charge in [-0.05, 0) is 83.5 Å². The molecule has 73 heavy (non-hydrogen) atoms. The van der Waals surface area contributed by atoms with E-state index in [9.17, 15) is 35.1 Å². The number of ether oxygens (including phenoxy) is 3. The van der Waals surface area contributed by atoms with Crippen molar-refractivity contribution in [3.8, 4) is 0 Å². The van der Waals surface area contributed by atoms with Crippen LogP contribution in [-0.4, -0.2) is 99.6 Å². The lowest BCUT2D eigenvalue weighted by atomic mass is 9.99. The number of carbonyl (C=O) groups is 2. The highest BCUT2D eigenvalue weighted by Gasteiger charge is 2.47. The average molecular weight is 1030 g/mol. The summed E-state index contributed by atoms with van der Waals surface area (Å²) in [5, 5.41) is 56.9. The lowest BCUT2D eigenvalue weighted by Crippen LogP contribution is -2.61. The summed E-state index contributed by atoms with van der Waals surface area (Å²) in [6, 6.07) is -1.03. The largest absolute Gasteiger partial charge is 0.454 e. The van der Waals surface area contributed by atoms with Gasteiger partial charge in [-0.2, -0.15) is 0 Å². The summed E-state index contributed by atoms with van der Waals surface area (Å²) in [5.74, 6) is -1.20. The highest BCUT2D eigenvalue weighted by molar-refractivity contribution is 5.80. The van der Waals surface area contributed by atoms with Crippen molar-refractivity contribution in [3.05, 3.63) is 48.6 Å². The van der Waals surface area contributed by atoms with Crippen LogP contribution in [0, 0.1) is 0 Å². The van der Waals surface area contributed by atoms with Crippen molar-refractivity contribution in [2.75, 3.05) is 13.2 Å². The molecular formula is C62H113NO10. The second-order valence-electron chi connectivity index (χ2n) is 21.1. The normalized spacial score (nSPS) is 19.7. The number of rotatable bonds is 51. The number of unbranched alkanes of at least 4 members (excludes halogenated alkanes) is 31. The smallest absolute Gasteiger partial charge is 0.306 e. The number of nitrogens with one attached hydrogen (secondary N) is 1. The van der Waals surface area contributed by atoms with Gasteiger partial charge in [0.25, 0.3) is 0 Å². The number of carbonyl (C=O) groups excluding carboxylic acids is 2. The first-order chi connectivity index (χ1) is 35.7. The summed E-state index contributed by atoms with van der Waals surface area (Å²) in [5.41, 5.74) is 0. The molecule has 1 amide bonds. The molecule has 1 heterocycles. The standard InChI is InChI=1S/C62H113NO10/c1-4-7-10-13-16-19-22-25-27-29-31-34-37-40-43-46-49-55(66)61(70)63-53(54(65)48-45-42-39-36-33-30-24-21-18-15-12-9-6-3)52-71-62-60(59(69)58(68)56(51-64)72-62)73-57(67)50-47-44-41-38-35-32-28-26-23-20-17-14-11-8-5-2/h16,19-20,23,25,27,45,48,53-56,58-60,62,64-66,68-69H,4-15,17-18,21-22,24,26,28-44,46-47,49-52H2,1-3H3,(H,63,70)/b19-16-,23-20-,27-25-,48-45+. The molecule has 8 unspecified atom stereocenters. The maximum Gasteiger partial charge on any atom is 0.306 e. The molecule has 0 radical (unpaired) electrons. The third-order valence-corrected chi connectivity index (χ3v) is 14.2. The number of hydrogen-bond acceptors (Lipinski definition) is 10. The van der Waals surface area contributed by atoms with Crippen LogP contribution < -0.4 is 5.32 Å². The Kier molecular flexibility index (Phi) is 47.4. The monoisotopic (exact) mass is 1030 g/mol. The second-order valence-corrected chi connectivity index (χ2v) is 21.1. The minimum atomic E-state index is -1.62. The molecule has 0 aromatic rings. The molecule has 0 aromatic carbocycles. The predicted octanol–water partition coefficient (Wildman–Crippen LogP) is 14.1. The van der Waals surface area contributed by atoms with E-state index in [1.807, 2.05) is 6.08 Å². The van der Waals surface area contributed by atoms with Gasteiger partial charge in [-0.1, -0.05) is 230 Å². The van der Waals surface area contributed by atoms with Gasteiger partial charge >= 0.3 is 5.97 Å². The van der Waals surface area contributed by atoms with Crippen LogP contribution >= 0.6 is 0 Å². The van der Waals surface area contributed by atoms with Crippen LogP contribution in [0.4, 0.5) is 0 Å². The molecule has 1 aliphatic heterocycles. The molecule has 1 fully saturated rings. The molecule has 0 spiro atoms. The van der Waals surface area contributed by atoms with E-state index >= 15 is 0 Å². The van der Waals surface area contributed by atoms with Crippen molar-refractivity contribution in [3.63, 3.8) is 0 Å². The quantitative estimate of drug-likeness (QED) is 0.0195. The molecule has 0 aromatic heterocycles. The van der Waals surface area contributed by atoms with Crippen LogP contribution in [0.25, 0.3) is 0 Å². The Balaban J connectivity index is 2.72. The molecule has 1 aliphatic rings. The molecule has 0 aliphatic carbocycles. The number of allylic oxidation sites excluding steroid dienone is 7. The van der Waals surface area contributed by atoms with E-state index in [1.165, 1.54) is 128 Å². The Bertz CT molecular complexity index is 1370. The van der Waals surface area contributed by atoms with Crippen LogP contribution in [-0.2, 0) is 23.8 Å². The molecule has 426 valence electrons. The van der Waals surface area contributed by atoms with E-state index in [0.717, 1.165) is 96.3 Å². The summed E-state index contributed by atoms with van der Waals surface area (Å²) in [4.78, 5) is 26.5. The van der Waals surface area contributed by atoms with E-state index in [0.29, 0.717) is 12.8 Å². The number of hydrogen-bond donors (Lipinski definition) is 6. The highest BCUT2D eigenvalue weighted by Crippen LogP contribution is 2.26. The van der Waals surface area contributed by atoms with Crippen molar-refractivity contribution in [1.29, 1.82) is 0 Å². The van der Waals surface area contributed by atoms with Crippen molar-refractivity contribution in [2.24, 2.45) is 0 Å². The fourth-order valence-electron chi connectivity index (χ4n) is 9.32. The zero-order valence-electron chi connectivity index (χ0n) is 47.0. The fraction of sp³-hybridized carbons (Fsp3) is 0.839. The summed E-state index contributed by atoms with van der Waals surface area (Å²) in [6.07, 6.45) is 50.0. The van der Waals surface area contributed by atoms with Crippen LogP contribution in [0.5, 0.6) is 0 Å². The number of amides is 1. The van der Waals surface area contributed by atoms with Gasteiger partial charge in [0, 0.05) is 6.42 Å². The van der Waals surface area contributed by atoms with E-state index in [4.69, 9.17) is 14.2 Å². The lowest BCUT2D eigenvalue weighted by molar-refractivity contribution is -0.305. The van der Waals surface area contributed by atoms with E-state index < -0.39 is 67.4 Å². The summed E-state index contributed by atoms with van der Waals surface area (Å²) in [6.45, 7) is 5.75. The first kappa shape index (κ1) is 68.6. The Labute approximate surface area is 446 Å². The zero-order chi connectivity index (χ0) is 53.3. The first-order valence-electron chi connectivity index (χ1n) is 30.4. The average Bonchev–Trinajstić information content (AvgIpc) is 3.39. The predicted molar refractivity (Wildman–Crippen MR) is 301 cm³/mol.